The summed E-state index contributed by atoms with van der Waals surface area (Å²) in [5, 5.41) is 11.4. The Morgan fingerprint density at radius 3 is 2.24 bits per heavy atom. The first-order valence-corrected chi connectivity index (χ1v) is 7.24. The number of allylic oxidation sites excluding steroid dienone is 1. The Balaban J connectivity index is 2.19. The molecule has 0 saturated carbocycles. The highest BCUT2D eigenvalue weighted by Crippen LogP contribution is 2.57. The van der Waals surface area contributed by atoms with Crippen LogP contribution in [-0.2, 0) is 10.4 Å². The molecule has 2 aliphatic carbocycles. The largest absolute Gasteiger partial charge is 0.380 e. The molecule has 0 spiro atoms. The van der Waals surface area contributed by atoms with E-state index >= 15 is 0 Å². The molecule has 104 valence electrons. The van der Waals surface area contributed by atoms with Crippen molar-refractivity contribution in [2.24, 2.45) is 5.92 Å². The maximum atomic E-state index is 12.5. The lowest BCUT2D eigenvalue weighted by Gasteiger charge is -2.37. The summed E-state index contributed by atoms with van der Waals surface area (Å²) in [6.45, 7) is 3.65. The monoisotopic (exact) mass is 276 g/mol. The van der Waals surface area contributed by atoms with Gasteiger partial charge in [-0.05, 0) is 34.8 Å². The molecule has 2 atom stereocenters. The van der Waals surface area contributed by atoms with E-state index in [0.717, 1.165) is 27.8 Å². The van der Waals surface area contributed by atoms with Gasteiger partial charge in [-0.25, -0.2) is 0 Å². The minimum Gasteiger partial charge on any atom is -0.380 e. The quantitative estimate of drug-likeness (QED) is 0.799. The van der Waals surface area contributed by atoms with Gasteiger partial charge < -0.3 is 5.11 Å². The fourth-order valence-corrected chi connectivity index (χ4v) is 3.90. The number of hydrogen-bond donors (Lipinski definition) is 1. The van der Waals surface area contributed by atoms with Gasteiger partial charge in [-0.3, -0.25) is 4.79 Å². The zero-order valence-corrected chi connectivity index (χ0v) is 12.1. The number of benzene rings is 2. The van der Waals surface area contributed by atoms with E-state index in [2.05, 4.69) is 6.07 Å². The van der Waals surface area contributed by atoms with Crippen LogP contribution in [0.1, 0.15) is 25.0 Å². The summed E-state index contributed by atoms with van der Waals surface area (Å²) < 4.78 is 0. The zero-order chi connectivity index (χ0) is 14.8. The summed E-state index contributed by atoms with van der Waals surface area (Å²) in [6, 6.07) is 15.9. The smallest absolute Gasteiger partial charge is 0.165 e. The van der Waals surface area contributed by atoms with Gasteiger partial charge in [-0.15, -0.1) is 0 Å². The molecule has 1 N–H and O–H groups in total. The molecule has 0 saturated heterocycles. The van der Waals surface area contributed by atoms with E-state index in [1.54, 1.807) is 0 Å². The second-order valence-electron chi connectivity index (χ2n) is 5.94. The SMILES string of the molecule is CC1=C2c3ccccc3-c3ccccc3[C@]2(O)[C@@H](C)C1=O. The predicted molar refractivity (Wildman–Crippen MR) is 82.5 cm³/mol. The van der Waals surface area contributed by atoms with Crippen molar-refractivity contribution in [2.75, 3.05) is 0 Å². The number of hydrogen-bond acceptors (Lipinski definition) is 2. The van der Waals surface area contributed by atoms with Crippen molar-refractivity contribution in [3.8, 4) is 11.1 Å². The Morgan fingerprint density at radius 1 is 0.952 bits per heavy atom. The van der Waals surface area contributed by atoms with Crippen molar-refractivity contribution >= 4 is 11.4 Å². The van der Waals surface area contributed by atoms with Crippen molar-refractivity contribution in [1.29, 1.82) is 0 Å². The maximum Gasteiger partial charge on any atom is 0.165 e. The first kappa shape index (κ1) is 12.5. The van der Waals surface area contributed by atoms with Gasteiger partial charge >= 0.3 is 0 Å². The molecule has 2 heteroatoms. The van der Waals surface area contributed by atoms with Gasteiger partial charge in [0.05, 0.1) is 5.92 Å². The molecular formula is C19H16O2. The molecule has 0 fully saturated rings. The normalized spacial score (nSPS) is 26.4. The number of carbonyl (C=O) groups is 1. The second kappa shape index (κ2) is 3.92. The first-order valence-electron chi connectivity index (χ1n) is 7.24. The van der Waals surface area contributed by atoms with E-state index in [-0.39, 0.29) is 5.78 Å². The van der Waals surface area contributed by atoms with Crippen LogP contribution < -0.4 is 0 Å². The van der Waals surface area contributed by atoms with Crippen LogP contribution in [0.2, 0.25) is 0 Å². The highest BCUT2D eigenvalue weighted by Gasteiger charge is 2.53. The van der Waals surface area contributed by atoms with Crippen molar-refractivity contribution < 1.29 is 9.90 Å². The number of aliphatic hydroxyl groups is 1. The number of carbonyl (C=O) groups excluding carboxylic acids is 1. The van der Waals surface area contributed by atoms with Gasteiger partial charge in [0, 0.05) is 5.57 Å². The topological polar surface area (TPSA) is 37.3 Å². The molecule has 0 radical (unpaired) electrons. The molecule has 0 heterocycles. The van der Waals surface area contributed by atoms with Crippen LogP contribution in [0.3, 0.4) is 0 Å². The highest BCUT2D eigenvalue weighted by molar-refractivity contribution is 6.14. The molecule has 4 rings (SSSR count). The zero-order valence-electron chi connectivity index (χ0n) is 12.1. The standard InChI is InChI=1S/C19H16O2/c1-11-17-15-9-4-3-7-13(15)14-8-5-6-10-16(14)19(17,21)12(2)18(11)20/h3-10,12,21H,1-2H3/t12-,19+/m0/s1. The fourth-order valence-electron chi connectivity index (χ4n) is 3.90. The number of ketones is 1. The van der Waals surface area contributed by atoms with E-state index in [4.69, 9.17) is 0 Å². The lowest BCUT2D eigenvalue weighted by molar-refractivity contribution is -0.122. The van der Waals surface area contributed by atoms with Gasteiger partial charge in [-0.1, -0.05) is 55.5 Å². The number of rotatable bonds is 0. The van der Waals surface area contributed by atoms with Crippen molar-refractivity contribution in [3.63, 3.8) is 0 Å². The molecule has 0 unspecified atom stereocenters. The van der Waals surface area contributed by atoms with E-state index < -0.39 is 11.5 Å². The maximum absolute atomic E-state index is 12.5. The van der Waals surface area contributed by atoms with Crippen LogP contribution in [0.25, 0.3) is 16.7 Å². The summed E-state index contributed by atoms with van der Waals surface area (Å²) in [7, 11) is 0. The highest BCUT2D eigenvalue weighted by atomic mass is 16.3. The number of fused-ring (bicyclic) bond motifs is 6. The van der Waals surface area contributed by atoms with Gasteiger partial charge in [0.1, 0.15) is 5.60 Å². The molecule has 2 nitrogen and oxygen atoms in total. The first-order chi connectivity index (χ1) is 10.1. The van der Waals surface area contributed by atoms with Crippen LogP contribution in [0.5, 0.6) is 0 Å². The molecule has 0 amide bonds. The molecule has 0 aromatic heterocycles. The van der Waals surface area contributed by atoms with E-state index in [9.17, 15) is 9.90 Å². The molecule has 2 aromatic rings. The Bertz CT molecular complexity index is 816. The predicted octanol–water partition coefficient (Wildman–Crippen LogP) is 3.55. The molecular weight excluding hydrogens is 260 g/mol. The Kier molecular flexibility index (Phi) is 2.34. The van der Waals surface area contributed by atoms with Crippen LogP contribution in [0, 0.1) is 5.92 Å². The van der Waals surface area contributed by atoms with Gasteiger partial charge in [0.15, 0.2) is 5.78 Å². The Labute approximate surface area is 123 Å². The molecule has 21 heavy (non-hydrogen) atoms. The lowest BCUT2D eigenvalue weighted by Crippen LogP contribution is -2.36. The second-order valence-corrected chi connectivity index (χ2v) is 5.94. The summed E-state index contributed by atoms with van der Waals surface area (Å²) in [6.07, 6.45) is 0. The Hall–Kier alpha value is -2.19. The summed E-state index contributed by atoms with van der Waals surface area (Å²) in [4.78, 5) is 12.5. The number of Topliss-reactive ketones (excluding diaryl/α,β-unsaturated/α-hetero) is 1. The molecule has 0 bridgehead atoms. The average molecular weight is 276 g/mol. The van der Waals surface area contributed by atoms with Gasteiger partial charge in [0.25, 0.3) is 0 Å². The summed E-state index contributed by atoms with van der Waals surface area (Å²) >= 11 is 0. The van der Waals surface area contributed by atoms with Crippen molar-refractivity contribution in [1.82, 2.24) is 0 Å². The van der Waals surface area contributed by atoms with Crippen molar-refractivity contribution in [2.45, 2.75) is 19.4 Å². The third kappa shape index (κ3) is 1.33. The van der Waals surface area contributed by atoms with Crippen LogP contribution in [0.15, 0.2) is 54.1 Å². The minimum atomic E-state index is -1.20. The summed E-state index contributed by atoms with van der Waals surface area (Å²) in [5.74, 6) is -0.402. The fraction of sp³-hybridized carbons (Fsp3) is 0.211. The molecule has 2 aliphatic rings. The van der Waals surface area contributed by atoms with Crippen LogP contribution >= 0.6 is 0 Å². The van der Waals surface area contributed by atoms with E-state index in [0.29, 0.717) is 5.57 Å². The lowest BCUT2D eigenvalue weighted by atomic mass is 9.70. The van der Waals surface area contributed by atoms with E-state index in [1.165, 1.54) is 0 Å². The van der Waals surface area contributed by atoms with Crippen molar-refractivity contribution in [3.05, 3.63) is 65.2 Å². The molecule has 2 aromatic carbocycles. The average Bonchev–Trinajstić information content (AvgIpc) is 2.70. The summed E-state index contributed by atoms with van der Waals surface area (Å²) in [5.41, 5.74) is 4.21. The van der Waals surface area contributed by atoms with Crippen LogP contribution in [-0.4, -0.2) is 10.9 Å². The van der Waals surface area contributed by atoms with Gasteiger partial charge in [0.2, 0.25) is 0 Å². The van der Waals surface area contributed by atoms with Crippen LogP contribution in [0.4, 0.5) is 0 Å². The Morgan fingerprint density at radius 2 is 1.52 bits per heavy atom. The third-order valence-electron chi connectivity index (χ3n) is 4.97. The minimum absolute atomic E-state index is 0.0407. The molecule has 0 aliphatic heterocycles. The van der Waals surface area contributed by atoms with E-state index in [1.807, 2.05) is 56.3 Å². The third-order valence-corrected chi connectivity index (χ3v) is 4.97. The van der Waals surface area contributed by atoms with Gasteiger partial charge in [-0.2, -0.15) is 0 Å².